The van der Waals surface area contributed by atoms with Crippen LogP contribution in [0.4, 0.5) is 0 Å². The van der Waals surface area contributed by atoms with E-state index >= 15 is 0 Å². The molecule has 100 valence electrons. The first-order chi connectivity index (χ1) is 9.27. The van der Waals surface area contributed by atoms with Crippen LogP contribution in [0.3, 0.4) is 0 Å². The fraction of sp³-hybridized carbons (Fsp3) is 0.267. The highest BCUT2D eigenvalue weighted by atomic mass is 32.1. The molecule has 0 saturated carbocycles. The molecule has 0 spiro atoms. The van der Waals surface area contributed by atoms with Crippen molar-refractivity contribution >= 4 is 17.1 Å². The van der Waals surface area contributed by atoms with E-state index in [1.165, 1.54) is 11.8 Å². The Hall–Kier alpha value is -1.65. The summed E-state index contributed by atoms with van der Waals surface area (Å²) in [5, 5.41) is 2.03. The Morgan fingerprint density at radius 2 is 2.00 bits per heavy atom. The second-order valence-corrected chi connectivity index (χ2v) is 5.07. The zero-order valence-electron chi connectivity index (χ0n) is 10.8. The van der Waals surface area contributed by atoms with Gasteiger partial charge >= 0.3 is 0 Å². The van der Waals surface area contributed by atoms with E-state index in [1.807, 2.05) is 29.6 Å². The van der Waals surface area contributed by atoms with E-state index in [-0.39, 0.29) is 5.78 Å². The molecule has 0 radical (unpaired) electrons. The van der Waals surface area contributed by atoms with Gasteiger partial charge in [-0.3, -0.25) is 4.79 Å². The molecule has 1 heterocycles. The molecule has 2 rings (SSSR count). The van der Waals surface area contributed by atoms with Crippen molar-refractivity contribution < 1.29 is 14.3 Å². The van der Waals surface area contributed by atoms with Crippen molar-refractivity contribution in [2.24, 2.45) is 0 Å². The molecule has 0 N–H and O–H groups in total. The summed E-state index contributed by atoms with van der Waals surface area (Å²) in [6, 6.07) is 11.3. The van der Waals surface area contributed by atoms with Gasteiger partial charge in [0, 0.05) is 4.88 Å². The van der Waals surface area contributed by atoms with Crippen molar-refractivity contribution in [3.63, 3.8) is 0 Å². The van der Waals surface area contributed by atoms with E-state index in [1.54, 1.807) is 23.5 Å². The van der Waals surface area contributed by atoms with Crippen LogP contribution in [-0.4, -0.2) is 19.0 Å². The van der Waals surface area contributed by atoms with Crippen molar-refractivity contribution in [3.05, 3.63) is 52.2 Å². The molecule has 0 aliphatic carbocycles. The Bertz CT molecular complexity index is 520. The van der Waals surface area contributed by atoms with Gasteiger partial charge in [0.1, 0.15) is 12.4 Å². The Kier molecular flexibility index (Phi) is 5.12. The summed E-state index contributed by atoms with van der Waals surface area (Å²) in [5.74, 6) is 0.629. The van der Waals surface area contributed by atoms with Crippen molar-refractivity contribution in [2.75, 3.05) is 13.2 Å². The monoisotopic (exact) mass is 276 g/mol. The van der Waals surface area contributed by atoms with Gasteiger partial charge < -0.3 is 9.47 Å². The van der Waals surface area contributed by atoms with Crippen LogP contribution >= 0.6 is 11.3 Å². The second kappa shape index (κ2) is 7.07. The maximum absolute atomic E-state index is 11.4. The van der Waals surface area contributed by atoms with Crippen LogP contribution in [-0.2, 0) is 11.3 Å². The Morgan fingerprint density at radius 3 is 2.74 bits per heavy atom. The van der Waals surface area contributed by atoms with Gasteiger partial charge in [0.2, 0.25) is 0 Å². The van der Waals surface area contributed by atoms with E-state index in [4.69, 9.17) is 9.47 Å². The quantitative estimate of drug-likeness (QED) is 0.573. The molecule has 0 unspecified atom stereocenters. The SMILES string of the molecule is CC(=O)c1ccccc1OCCOCc1cccs1. The zero-order chi connectivity index (χ0) is 13.5. The van der Waals surface area contributed by atoms with Gasteiger partial charge in [-0.15, -0.1) is 11.3 Å². The molecule has 2 aromatic rings. The largest absolute Gasteiger partial charge is 0.490 e. The Morgan fingerprint density at radius 1 is 1.16 bits per heavy atom. The molecule has 1 aromatic heterocycles. The van der Waals surface area contributed by atoms with Crippen LogP contribution < -0.4 is 4.74 Å². The molecule has 0 aliphatic rings. The summed E-state index contributed by atoms with van der Waals surface area (Å²) in [6.45, 7) is 3.09. The average molecular weight is 276 g/mol. The summed E-state index contributed by atoms with van der Waals surface area (Å²) in [5.41, 5.74) is 0.612. The van der Waals surface area contributed by atoms with Crippen molar-refractivity contribution in [2.45, 2.75) is 13.5 Å². The van der Waals surface area contributed by atoms with E-state index in [9.17, 15) is 4.79 Å². The lowest BCUT2D eigenvalue weighted by Crippen LogP contribution is -2.08. The first-order valence-corrected chi connectivity index (χ1v) is 6.98. The topological polar surface area (TPSA) is 35.5 Å². The highest BCUT2D eigenvalue weighted by Gasteiger charge is 2.06. The number of hydrogen-bond acceptors (Lipinski definition) is 4. The van der Waals surface area contributed by atoms with Crippen LogP contribution in [0.2, 0.25) is 0 Å². The molecule has 0 bridgehead atoms. The number of benzene rings is 1. The third kappa shape index (κ3) is 4.19. The summed E-state index contributed by atoms with van der Waals surface area (Å²) in [4.78, 5) is 12.6. The minimum atomic E-state index is 0.00936. The van der Waals surface area contributed by atoms with Gasteiger partial charge in [0.15, 0.2) is 5.78 Å². The number of para-hydroxylation sites is 1. The van der Waals surface area contributed by atoms with Crippen molar-refractivity contribution in [1.82, 2.24) is 0 Å². The van der Waals surface area contributed by atoms with E-state index in [0.717, 1.165) is 0 Å². The lowest BCUT2D eigenvalue weighted by atomic mass is 10.1. The minimum absolute atomic E-state index is 0.00936. The van der Waals surface area contributed by atoms with Crippen LogP contribution in [0, 0.1) is 0 Å². The van der Waals surface area contributed by atoms with E-state index < -0.39 is 0 Å². The number of carbonyl (C=O) groups is 1. The number of thiophene rings is 1. The highest BCUT2D eigenvalue weighted by molar-refractivity contribution is 7.09. The molecule has 0 atom stereocenters. The molecule has 19 heavy (non-hydrogen) atoms. The van der Waals surface area contributed by atoms with Gasteiger partial charge in [-0.2, -0.15) is 0 Å². The van der Waals surface area contributed by atoms with Crippen molar-refractivity contribution in [1.29, 1.82) is 0 Å². The highest BCUT2D eigenvalue weighted by Crippen LogP contribution is 2.18. The van der Waals surface area contributed by atoms with Crippen LogP contribution in [0.15, 0.2) is 41.8 Å². The normalized spacial score (nSPS) is 10.4. The lowest BCUT2D eigenvalue weighted by Gasteiger charge is -2.09. The zero-order valence-corrected chi connectivity index (χ0v) is 11.6. The van der Waals surface area contributed by atoms with Crippen LogP contribution in [0.1, 0.15) is 22.2 Å². The summed E-state index contributed by atoms with van der Waals surface area (Å²) < 4.78 is 11.1. The lowest BCUT2D eigenvalue weighted by molar-refractivity contribution is 0.0889. The van der Waals surface area contributed by atoms with Crippen LogP contribution in [0.25, 0.3) is 0 Å². The first kappa shape index (κ1) is 13.8. The molecule has 1 aromatic carbocycles. The third-order valence-corrected chi connectivity index (χ3v) is 3.43. The average Bonchev–Trinajstić information content (AvgIpc) is 2.92. The summed E-state index contributed by atoms with van der Waals surface area (Å²) in [7, 11) is 0. The van der Waals surface area contributed by atoms with E-state index in [0.29, 0.717) is 31.1 Å². The van der Waals surface area contributed by atoms with Gasteiger partial charge in [-0.05, 0) is 30.5 Å². The second-order valence-electron chi connectivity index (χ2n) is 4.03. The van der Waals surface area contributed by atoms with Gasteiger partial charge in [-0.25, -0.2) is 0 Å². The number of carbonyl (C=O) groups excluding carboxylic acids is 1. The van der Waals surface area contributed by atoms with Crippen molar-refractivity contribution in [3.8, 4) is 5.75 Å². The smallest absolute Gasteiger partial charge is 0.163 e. The van der Waals surface area contributed by atoms with E-state index in [2.05, 4.69) is 0 Å². The van der Waals surface area contributed by atoms with Crippen LogP contribution in [0.5, 0.6) is 5.75 Å². The summed E-state index contributed by atoms with van der Waals surface area (Å²) in [6.07, 6.45) is 0. The Labute approximate surface area is 116 Å². The molecule has 0 fully saturated rings. The maximum atomic E-state index is 11.4. The van der Waals surface area contributed by atoms with Gasteiger partial charge in [-0.1, -0.05) is 18.2 Å². The first-order valence-electron chi connectivity index (χ1n) is 6.10. The number of Topliss-reactive ketones (excluding diaryl/α,β-unsaturated/α-hetero) is 1. The number of ether oxygens (including phenoxy) is 2. The predicted molar refractivity (Wildman–Crippen MR) is 75.9 cm³/mol. The minimum Gasteiger partial charge on any atom is -0.490 e. The fourth-order valence-electron chi connectivity index (χ4n) is 1.66. The number of ketones is 1. The predicted octanol–water partition coefficient (Wildman–Crippen LogP) is 3.55. The molecular formula is C15H16O3S. The molecule has 0 saturated heterocycles. The Balaban J connectivity index is 1.75. The molecule has 4 heteroatoms. The third-order valence-electron chi connectivity index (χ3n) is 2.58. The number of rotatable bonds is 7. The molecule has 3 nitrogen and oxygen atoms in total. The molecule has 0 amide bonds. The number of hydrogen-bond donors (Lipinski definition) is 0. The molecular weight excluding hydrogens is 260 g/mol. The molecule has 0 aliphatic heterocycles. The van der Waals surface area contributed by atoms with Gasteiger partial charge in [0.25, 0.3) is 0 Å². The fourth-order valence-corrected chi connectivity index (χ4v) is 2.30. The maximum Gasteiger partial charge on any atom is 0.163 e. The summed E-state index contributed by atoms with van der Waals surface area (Å²) >= 11 is 1.67. The standard InChI is InChI=1S/C15H16O3S/c1-12(16)14-6-2-3-7-15(14)18-9-8-17-11-13-5-4-10-19-13/h2-7,10H,8-9,11H2,1H3. The van der Waals surface area contributed by atoms with Gasteiger partial charge in [0.05, 0.1) is 18.8 Å².